The molecule has 0 saturated heterocycles. The first kappa shape index (κ1) is 23.5. The molecular formula is C23H27N3O5S. The van der Waals surface area contributed by atoms with Crippen LogP contribution in [0.1, 0.15) is 31.7 Å². The van der Waals surface area contributed by atoms with Gasteiger partial charge in [0.15, 0.2) is 0 Å². The summed E-state index contributed by atoms with van der Waals surface area (Å²) in [6, 6.07) is 13.7. The van der Waals surface area contributed by atoms with E-state index >= 15 is 0 Å². The topological polar surface area (TPSA) is 95.1 Å². The molecule has 3 amide bonds. The van der Waals surface area contributed by atoms with Crippen molar-refractivity contribution < 1.29 is 22.8 Å². The summed E-state index contributed by atoms with van der Waals surface area (Å²) in [6.07, 6.45) is 2.36. The van der Waals surface area contributed by atoms with Crippen molar-refractivity contribution in [1.29, 1.82) is 0 Å². The fourth-order valence-electron chi connectivity index (χ4n) is 3.76. The van der Waals surface area contributed by atoms with Gasteiger partial charge in [-0.15, -0.1) is 0 Å². The van der Waals surface area contributed by atoms with Crippen LogP contribution in [0.4, 0.5) is 17.1 Å². The second kappa shape index (κ2) is 9.52. The zero-order chi connectivity index (χ0) is 23.5. The van der Waals surface area contributed by atoms with Crippen LogP contribution in [0.15, 0.2) is 48.5 Å². The summed E-state index contributed by atoms with van der Waals surface area (Å²) < 4.78 is 25.4. The Kier molecular flexibility index (Phi) is 6.98. The second-order valence-electron chi connectivity index (χ2n) is 7.79. The quantitative estimate of drug-likeness (QED) is 0.665. The molecule has 0 aromatic heterocycles. The van der Waals surface area contributed by atoms with Crippen LogP contribution in [-0.4, -0.2) is 46.0 Å². The Balaban J connectivity index is 1.74. The van der Waals surface area contributed by atoms with Gasteiger partial charge < -0.3 is 9.80 Å². The lowest BCUT2D eigenvalue weighted by Crippen LogP contribution is -2.39. The molecule has 0 aliphatic carbocycles. The molecule has 9 heteroatoms. The molecule has 8 nitrogen and oxygen atoms in total. The van der Waals surface area contributed by atoms with E-state index < -0.39 is 15.9 Å². The summed E-state index contributed by atoms with van der Waals surface area (Å²) in [5.41, 5.74) is 2.67. The number of benzene rings is 2. The molecule has 0 fully saturated rings. The number of rotatable bonds is 6. The van der Waals surface area contributed by atoms with Gasteiger partial charge in [0.05, 0.1) is 11.9 Å². The molecule has 2 aromatic rings. The van der Waals surface area contributed by atoms with Crippen molar-refractivity contribution >= 4 is 44.8 Å². The van der Waals surface area contributed by atoms with Crippen molar-refractivity contribution in [3.05, 3.63) is 54.1 Å². The lowest BCUT2D eigenvalue weighted by Gasteiger charge is -2.29. The van der Waals surface area contributed by atoms with Crippen molar-refractivity contribution in [3.8, 4) is 0 Å². The zero-order valence-electron chi connectivity index (χ0n) is 18.4. The first-order valence-corrected chi connectivity index (χ1v) is 12.2. The maximum absolute atomic E-state index is 12.9. The summed E-state index contributed by atoms with van der Waals surface area (Å²) in [6.45, 7) is 1.99. The van der Waals surface area contributed by atoms with E-state index in [1.54, 1.807) is 24.1 Å². The van der Waals surface area contributed by atoms with Crippen LogP contribution in [0.3, 0.4) is 0 Å². The Hall–Kier alpha value is -3.20. The van der Waals surface area contributed by atoms with Crippen molar-refractivity contribution in [3.63, 3.8) is 0 Å². The third-order valence-corrected chi connectivity index (χ3v) is 6.54. The fourth-order valence-corrected chi connectivity index (χ4v) is 4.72. The number of sulfonamides is 1. The molecular weight excluding hydrogens is 430 g/mol. The fraction of sp³-hybridized carbons (Fsp3) is 0.348. The average Bonchev–Trinajstić information content (AvgIpc) is 2.76. The molecule has 0 unspecified atom stereocenters. The largest absolute Gasteiger partial charge is 0.316 e. The minimum absolute atomic E-state index is 0.0929. The minimum atomic E-state index is -3.91. The van der Waals surface area contributed by atoms with E-state index in [-0.39, 0.29) is 30.3 Å². The molecule has 1 aliphatic rings. The van der Waals surface area contributed by atoms with Gasteiger partial charge in [0.2, 0.25) is 27.7 Å². The minimum Gasteiger partial charge on any atom is -0.316 e. The van der Waals surface area contributed by atoms with Gasteiger partial charge in [-0.1, -0.05) is 18.2 Å². The lowest BCUT2D eigenvalue weighted by atomic mass is 10.0. The number of aryl methyl sites for hydroxylation is 1. The first-order valence-electron chi connectivity index (χ1n) is 10.4. The molecule has 0 N–H and O–H groups in total. The van der Waals surface area contributed by atoms with E-state index in [1.165, 1.54) is 24.0 Å². The molecule has 0 bridgehead atoms. The number of para-hydroxylation sites is 1. The number of anilines is 3. The summed E-state index contributed by atoms with van der Waals surface area (Å²) in [5, 5.41) is 0. The third-order valence-electron chi connectivity index (χ3n) is 5.47. The second-order valence-corrected chi connectivity index (χ2v) is 9.62. The van der Waals surface area contributed by atoms with Gasteiger partial charge in [-0.2, -0.15) is 0 Å². The maximum atomic E-state index is 12.9. The summed E-state index contributed by atoms with van der Waals surface area (Å²) in [7, 11) is -2.31. The van der Waals surface area contributed by atoms with Crippen LogP contribution in [-0.2, 0) is 30.8 Å². The van der Waals surface area contributed by atoms with Gasteiger partial charge in [-0.3, -0.25) is 14.4 Å². The Morgan fingerprint density at radius 3 is 2.22 bits per heavy atom. The van der Waals surface area contributed by atoms with E-state index in [4.69, 9.17) is 0 Å². The molecule has 2 aromatic carbocycles. The van der Waals surface area contributed by atoms with Gasteiger partial charge in [-0.05, 0) is 48.7 Å². The Labute approximate surface area is 188 Å². The zero-order valence-corrected chi connectivity index (χ0v) is 19.3. The number of carbonyl (C=O) groups excluding carboxylic acids is 3. The van der Waals surface area contributed by atoms with E-state index in [1.807, 2.05) is 24.3 Å². The highest BCUT2D eigenvalue weighted by Gasteiger charge is 2.28. The summed E-state index contributed by atoms with van der Waals surface area (Å²) in [5.74, 6) is -1.07. The molecule has 32 heavy (non-hydrogen) atoms. The molecule has 1 heterocycles. The van der Waals surface area contributed by atoms with Crippen LogP contribution in [0.25, 0.3) is 0 Å². The standard InChI is InChI=1S/C23H27N3O5S/c1-17(27)24(2)19-10-12-20(13-11-19)26(32(3,30)31)23(29)15-14-22(28)25-16-6-8-18-7-4-5-9-21(18)25/h4-5,7,9-13H,6,8,14-16H2,1-3H3. The molecule has 1 aliphatic heterocycles. The number of hydrogen-bond donors (Lipinski definition) is 0. The summed E-state index contributed by atoms with van der Waals surface area (Å²) in [4.78, 5) is 40.3. The SMILES string of the molecule is CC(=O)N(C)c1ccc(N(C(=O)CCC(=O)N2CCCc3ccccc32)S(C)(=O)=O)cc1. The van der Waals surface area contributed by atoms with Gasteiger partial charge >= 0.3 is 0 Å². The number of nitrogens with zero attached hydrogens (tertiary/aromatic N) is 3. The molecule has 0 saturated carbocycles. The highest BCUT2D eigenvalue weighted by atomic mass is 32.2. The molecule has 3 rings (SSSR count). The smallest absolute Gasteiger partial charge is 0.241 e. The molecule has 0 spiro atoms. The lowest BCUT2D eigenvalue weighted by molar-refractivity contribution is -0.123. The van der Waals surface area contributed by atoms with Crippen molar-refractivity contribution in [2.24, 2.45) is 0 Å². The van der Waals surface area contributed by atoms with E-state index in [2.05, 4.69) is 0 Å². The van der Waals surface area contributed by atoms with Gasteiger partial charge in [-0.25, -0.2) is 12.7 Å². The van der Waals surface area contributed by atoms with Crippen LogP contribution in [0.2, 0.25) is 0 Å². The van der Waals surface area contributed by atoms with Gasteiger partial charge in [0.25, 0.3) is 0 Å². The molecule has 0 atom stereocenters. The Morgan fingerprint density at radius 2 is 1.59 bits per heavy atom. The van der Waals surface area contributed by atoms with Crippen LogP contribution >= 0.6 is 0 Å². The van der Waals surface area contributed by atoms with E-state index in [0.717, 1.165) is 30.3 Å². The number of amides is 3. The van der Waals surface area contributed by atoms with Crippen molar-refractivity contribution in [2.75, 3.05) is 34.0 Å². The van der Waals surface area contributed by atoms with Crippen LogP contribution in [0, 0.1) is 0 Å². The van der Waals surface area contributed by atoms with E-state index in [0.29, 0.717) is 16.5 Å². The number of fused-ring (bicyclic) bond motifs is 1. The van der Waals surface area contributed by atoms with Gasteiger partial charge in [0, 0.05) is 44.7 Å². The third kappa shape index (κ3) is 5.16. The highest BCUT2D eigenvalue weighted by molar-refractivity contribution is 7.92. The Morgan fingerprint density at radius 1 is 0.969 bits per heavy atom. The normalized spacial score (nSPS) is 13.3. The van der Waals surface area contributed by atoms with Crippen molar-refractivity contribution in [1.82, 2.24) is 0 Å². The van der Waals surface area contributed by atoms with Crippen LogP contribution < -0.4 is 14.1 Å². The first-order chi connectivity index (χ1) is 15.1. The van der Waals surface area contributed by atoms with Crippen molar-refractivity contribution in [2.45, 2.75) is 32.6 Å². The average molecular weight is 458 g/mol. The molecule has 0 radical (unpaired) electrons. The number of carbonyl (C=O) groups is 3. The van der Waals surface area contributed by atoms with Gasteiger partial charge in [0.1, 0.15) is 0 Å². The van der Waals surface area contributed by atoms with E-state index in [9.17, 15) is 22.8 Å². The predicted molar refractivity (Wildman–Crippen MR) is 124 cm³/mol. The Bertz CT molecular complexity index is 1130. The molecule has 170 valence electrons. The maximum Gasteiger partial charge on any atom is 0.241 e. The predicted octanol–water partition coefficient (Wildman–Crippen LogP) is 2.72. The summed E-state index contributed by atoms with van der Waals surface area (Å²) >= 11 is 0. The van der Waals surface area contributed by atoms with Crippen LogP contribution in [0.5, 0.6) is 0 Å². The monoisotopic (exact) mass is 457 g/mol. The highest BCUT2D eigenvalue weighted by Crippen LogP contribution is 2.28. The number of hydrogen-bond acceptors (Lipinski definition) is 5.